The van der Waals surface area contributed by atoms with Gasteiger partial charge in [0.05, 0.1) is 16.9 Å². The van der Waals surface area contributed by atoms with Crippen LogP contribution < -0.4 is 16.8 Å². The summed E-state index contributed by atoms with van der Waals surface area (Å²) in [5.74, 6) is -0.0612. The normalized spacial score (nSPS) is 12.7. The molecule has 0 bridgehead atoms. The van der Waals surface area contributed by atoms with Crippen LogP contribution in [0.15, 0.2) is 18.2 Å². The topological polar surface area (TPSA) is 84.4 Å². The Morgan fingerprint density at radius 2 is 2.00 bits per heavy atom. The summed E-state index contributed by atoms with van der Waals surface area (Å²) in [6, 6.07) is 5.54. The van der Waals surface area contributed by atoms with Crippen LogP contribution in [-0.4, -0.2) is 37.5 Å². The lowest BCUT2D eigenvalue weighted by molar-refractivity contribution is 0.100. The molecule has 0 aliphatic carbocycles. The summed E-state index contributed by atoms with van der Waals surface area (Å²) in [5.41, 5.74) is 12.8. The molecule has 1 rings (SSSR count). The van der Waals surface area contributed by atoms with Crippen molar-refractivity contribution in [1.29, 1.82) is 0 Å². The van der Waals surface area contributed by atoms with Crippen molar-refractivity contribution in [1.82, 2.24) is 4.90 Å². The van der Waals surface area contributed by atoms with E-state index in [1.54, 1.807) is 12.1 Å². The lowest BCUT2D eigenvalue weighted by atomic mass is 10.0. The Labute approximate surface area is 115 Å². The number of primary amides is 1. The summed E-state index contributed by atoms with van der Waals surface area (Å²) >= 11 is 0. The Morgan fingerprint density at radius 3 is 2.47 bits per heavy atom. The minimum absolute atomic E-state index is 0.250. The maximum Gasteiger partial charge on any atom is 0.250 e. The molecule has 1 aromatic rings. The predicted octanol–water partition coefficient (Wildman–Crippen LogP) is 1.37. The second kappa shape index (κ2) is 6.43. The van der Waals surface area contributed by atoms with Crippen molar-refractivity contribution in [2.45, 2.75) is 19.9 Å². The molecule has 1 atom stereocenters. The maximum atomic E-state index is 11.3. The van der Waals surface area contributed by atoms with Crippen molar-refractivity contribution < 1.29 is 4.79 Å². The van der Waals surface area contributed by atoms with E-state index in [2.05, 4.69) is 24.1 Å². The number of para-hydroxylation sites is 1. The molecular weight excluding hydrogens is 240 g/mol. The van der Waals surface area contributed by atoms with Gasteiger partial charge in [-0.3, -0.25) is 4.79 Å². The van der Waals surface area contributed by atoms with Gasteiger partial charge in [-0.2, -0.15) is 0 Å². The fourth-order valence-corrected chi connectivity index (χ4v) is 1.92. The third-order valence-electron chi connectivity index (χ3n) is 3.08. The van der Waals surface area contributed by atoms with E-state index in [1.165, 1.54) is 0 Å². The number of amides is 1. The summed E-state index contributed by atoms with van der Waals surface area (Å²) in [6.07, 6.45) is 0. The highest BCUT2D eigenvalue weighted by molar-refractivity contribution is 6.00. The Balaban J connectivity index is 2.97. The first kappa shape index (κ1) is 15.3. The molecule has 0 spiro atoms. The zero-order valence-electron chi connectivity index (χ0n) is 12.1. The van der Waals surface area contributed by atoms with Crippen molar-refractivity contribution in [3.63, 3.8) is 0 Å². The van der Waals surface area contributed by atoms with Gasteiger partial charge in [0, 0.05) is 12.6 Å². The fourth-order valence-electron chi connectivity index (χ4n) is 1.92. The molecule has 0 saturated heterocycles. The Bertz CT molecular complexity index is 443. The molecule has 19 heavy (non-hydrogen) atoms. The fraction of sp³-hybridized carbons (Fsp3) is 0.500. The van der Waals surface area contributed by atoms with E-state index in [-0.39, 0.29) is 6.04 Å². The van der Waals surface area contributed by atoms with Gasteiger partial charge >= 0.3 is 0 Å². The summed E-state index contributed by atoms with van der Waals surface area (Å²) in [7, 11) is 4.06. The molecule has 0 radical (unpaired) electrons. The number of carbonyl (C=O) groups excluding carboxylic acids is 1. The number of carbonyl (C=O) groups is 1. The van der Waals surface area contributed by atoms with Crippen molar-refractivity contribution in [3.05, 3.63) is 23.8 Å². The number of nitrogens with zero attached hydrogens (tertiary/aromatic N) is 1. The van der Waals surface area contributed by atoms with Gasteiger partial charge in [-0.25, -0.2) is 0 Å². The van der Waals surface area contributed by atoms with Crippen LogP contribution in [0.25, 0.3) is 0 Å². The predicted molar refractivity (Wildman–Crippen MR) is 80.2 cm³/mol. The number of nitrogens with one attached hydrogen (secondary N) is 1. The largest absolute Gasteiger partial charge is 0.396 e. The van der Waals surface area contributed by atoms with Gasteiger partial charge in [0.1, 0.15) is 0 Å². The van der Waals surface area contributed by atoms with Crippen molar-refractivity contribution >= 4 is 17.3 Å². The molecule has 1 amide bonds. The molecule has 5 N–H and O–H groups in total. The van der Waals surface area contributed by atoms with Gasteiger partial charge in [0.25, 0.3) is 5.91 Å². The Kier molecular flexibility index (Phi) is 5.18. The van der Waals surface area contributed by atoms with Crippen molar-refractivity contribution in [2.75, 3.05) is 31.7 Å². The molecule has 1 aromatic carbocycles. The van der Waals surface area contributed by atoms with Gasteiger partial charge < -0.3 is 21.7 Å². The summed E-state index contributed by atoms with van der Waals surface area (Å²) in [6.45, 7) is 5.18. The van der Waals surface area contributed by atoms with Crippen molar-refractivity contribution in [3.8, 4) is 0 Å². The molecule has 5 nitrogen and oxygen atoms in total. The minimum Gasteiger partial charge on any atom is -0.396 e. The molecular formula is C14H24N4O. The second-order valence-electron chi connectivity index (χ2n) is 5.39. The smallest absolute Gasteiger partial charge is 0.250 e. The SMILES string of the molecule is CC(C)C(CN(C)C)Nc1cccc(C(N)=O)c1N. The monoisotopic (exact) mass is 264 g/mol. The first-order valence-corrected chi connectivity index (χ1v) is 6.42. The molecule has 0 aliphatic heterocycles. The average molecular weight is 264 g/mol. The van der Waals surface area contributed by atoms with Crippen molar-refractivity contribution in [2.24, 2.45) is 11.7 Å². The number of rotatable bonds is 6. The standard InChI is InChI=1S/C14H24N4O/c1-9(2)12(8-18(3)4)17-11-7-5-6-10(13(11)15)14(16)19/h5-7,9,12,17H,8,15H2,1-4H3,(H2,16,19). The van der Waals surface area contributed by atoms with E-state index < -0.39 is 5.91 Å². The van der Waals surface area contributed by atoms with Gasteiger partial charge in [-0.05, 0) is 32.1 Å². The van der Waals surface area contributed by atoms with Crippen LogP contribution in [0.2, 0.25) is 0 Å². The molecule has 0 aromatic heterocycles. The van der Waals surface area contributed by atoms with Crippen LogP contribution in [0.5, 0.6) is 0 Å². The number of nitrogens with two attached hydrogens (primary N) is 2. The van der Waals surface area contributed by atoms with E-state index in [0.29, 0.717) is 17.2 Å². The van der Waals surface area contributed by atoms with E-state index in [4.69, 9.17) is 11.5 Å². The molecule has 5 heteroatoms. The quantitative estimate of drug-likeness (QED) is 0.677. The van der Waals surface area contributed by atoms with Crippen LogP contribution in [0, 0.1) is 5.92 Å². The number of likely N-dealkylation sites (N-methyl/N-ethyl adjacent to an activating group) is 1. The van der Waals surface area contributed by atoms with Gasteiger partial charge in [0.2, 0.25) is 0 Å². The molecule has 0 aliphatic rings. The van der Waals surface area contributed by atoms with Crippen LogP contribution in [-0.2, 0) is 0 Å². The highest BCUT2D eigenvalue weighted by Gasteiger charge is 2.17. The van der Waals surface area contributed by atoms with Gasteiger partial charge in [-0.15, -0.1) is 0 Å². The summed E-state index contributed by atoms with van der Waals surface area (Å²) in [5, 5.41) is 3.40. The van der Waals surface area contributed by atoms with E-state index >= 15 is 0 Å². The first-order chi connectivity index (χ1) is 8.82. The molecule has 0 saturated carbocycles. The zero-order valence-corrected chi connectivity index (χ0v) is 12.1. The lowest BCUT2D eigenvalue weighted by Crippen LogP contribution is -2.36. The zero-order chi connectivity index (χ0) is 14.6. The van der Waals surface area contributed by atoms with E-state index in [9.17, 15) is 4.79 Å². The molecule has 1 unspecified atom stereocenters. The molecule has 0 heterocycles. The van der Waals surface area contributed by atoms with Crippen LogP contribution in [0.4, 0.5) is 11.4 Å². The van der Waals surface area contributed by atoms with E-state index in [0.717, 1.165) is 12.2 Å². The third-order valence-corrected chi connectivity index (χ3v) is 3.08. The Morgan fingerprint density at radius 1 is 1.37 bits per heavy atom. The maximum absolute atomic E-state index is 11.3. The summed E-state index contributed by atoms with van der Waals surface area (Å²) < 4.78 is 0. The number of anilines is 2. The number of benzene rings is 1. The summed E-state index contributed by atoms with van der Waals surface area (Å²) in [4.78, 5) is 13.4. The number of hydrogen-bond donors (Lipinski definition) is 3. The first-order valence-electron chi connectivity index (χ1n) is 6.42. The van der Waals surface area contributed by atoms with Gasteiger partial charge in [-0.1, -0.05) is 19.9 Å². The molecule has 106 valence electrons. The number of nitrogen functional groups attached to an aromatic ring is 1. The Hall–Kier alpha value is -1.75. The second-order valence-corrected chi connectivity index (χ2v) is 5.39. The van der Waals surface area contributed by atoms with Crippen LogP contribution >= 0.6 is 0 Å². The highest BCUT2D eigenvalue weighted by Crippen LogP contribution is 2.24. The lowest BCUT2D eigenvalue weighted by Gasteiger charge is -2.27. The number of hydrogen-bond acceptors (Lipinski definition) is 4. The minimum atomic E-state index is -0.505. The van der Waals surface area contributed by atoms with Gasteiger partial charge in [0.15, 0.2) is 0 Å². The van der Waals surface area contributed by atoms with Crippen LogP contribution in [0.3, 0.4) is 0 Å². The molecule has 0 fully saturated rings. The average Bonchev–Trinajstić information content (AvgIpc) is 2.29. The highest BCUT2D eigenvalue weighted by atomic mass is 16.1. The van der Waals surface area contributed by atoms with E-state index in [1.807, 2.05) is 20.2 Å². The third kappa shape index (κ3) is 4.13. The van der Waals surface area contributed by atoms with Crippen LogP contribution in [0.1, 0.15) is 24.2 Å².